The van der Waals surface area contributed by atoms with E-state index in [0.717, 1.165) is 10.9 Å². The topological polar surface area (TPSA) is 93.4 Å². The van der Waals surface area contributed by atoms with Crippen molar-refractivity contribution in [1.29, 1.82) is 0 Å². The maximum absolute atomic E-state index is 12.9. The molecule has 0 saturated heterocycles. The number of carbonyl (C=O) groups is 1. The van der Waals surface area contributed by atoms with Crippen molar-refractivity contribution < 1.29 is 32.9 Å². The van der Waals surface area contributed by atoms with Crippen LogP contribution in [0.25, 0.3) is 22.1 Å². The molecule has 1 aromatic heterocycles. The zero-order chi connectivity index (χ0) is 23.2. The van der Waals surface area contributed by atoms with Gasteiger partial charge in [-0.2, -0.15) is 0 Å². The van der Waals surface area contributed by atoms with Crippen molar-refractivity contribution in [3.63, 3.8) is 0 Å². The molecule has 0 spiro atoms. The predicted molar refractivity (Wildman–Crippen MR) is 121 cm³/mol. The van der Waals surface area contributed by atoms with Gasteiger partial charge in [0.05, 0.1) is 11.1 Å². The molecule has 8 heteroatoms. The lowest BCUT2D eigenvalue weighted by atomic mass is 9.99. The molecule has 8 nitrogen and oxygen atoms in total. The van der Waals surface area contributed by atoms with Crippen molar-refractivity contribution in [3.8, 4) is 39.9 Å². The van der Waals surface area contributed by atoms with Crippen molar-refractivity contribution >= 4 is 16.9 Å². The molecular weight excluding hydrogens is 440 g/mol. The molecule has 4 aromatic rings. The minimum Gasteiger partial charge on any atom is -0.486 e. The van der Waals surface area contributed by atoms with Crippen molar-refractivity contribution in [1.82, 2.24) is 0 Å². The summed E-state index contributed by atoms with van der Waals surface area (Å²) in [5.41, 5.74) is 2.00. The van der Waals surface area contributed by atoms with E-state index in [1.54, 1.807) is 48.5 Å². The van der Waals surface area contributed by atoms with Gasteiger partial charge in [0.1, 0.15) is 24.5 Å². The fraction of sp³-hybridized carbons (Fsp3) is 0.154. The Morgan fingerprint density at radius 1 is 0.824 bits per heavy atom. The fourth-order valence-electron chi connectivity index (χ4n) is 4.12. The van der Waals surface area contributed by atoms with Crippen LogP contribution in [0.15, 0.2) is 63.8 Å². The molecule has 0 unspecified atom stereocenters. The second-order valence-corrected chi connectivity index (χ2v) is 7.86. The Balaban J connectivity index is 1.32. The van der Waals surface area contributed by atoms with Gasteiger partial charge in [0.25, 0.3) is 0 Å². The van der Waals surface area contributed by atoms with Crippen LogP contribution in [-0.4, -0.2) is 26.0 Å². The molecule has 0 fully saturated rings. The highest BCUT2D eigenvalue weighted by Crippen LogP contribution is 2.36. The van der Waals surface area contributed by atoms with Gasteiger partial charge in [-0.25, -0.2) is 9.59 Å². The van der Waals surface area contributed by atoms with Crippen molar-refractivity contribution in [2.45, 2.75) is 6.92 Å². The number of esters is 1. The molecule has 0 bridgehead atoms. The zero-order valence-corrected chi connectivity index (χ0v) is 18.1. The van der Waals surface area contributed by atoms with Gasteiger partial charge in [-0.1, -0.05) is 6.07 Å². The molecule has 3 aromatic carbocycles. The average molecular weight is 458 g/mol. The first-order valence-electron chi connectivity index (χ1n) is 10.7. The summed E-state index contributed by atoms with van der Waals surface area (Å²) in [6.07, 6.45) is 0. The molecule has 0 saturated carbocycles. The minimum absolute atomic E-state index is 0.116. The molecule has 3 heterocycles. The van der Waals surface area contributed by atoms with Gasteiger partial charge in [0.2, 0.25) is 6.79 Å². The van der Waals surface area contributed by atoms with Crippen molar-refractivity contribution in [2.75, 3.05) is 20.0 Å². The second kappa shape index (κ2) is 7.84. The summed E-state index contributed by atoms with van der Waals surface area (Å²) >= 11 is 0. The first-order chi connectivity index (χ1) is 16.6. The number of hydrogen-bond donors (Lipinski definition) is 0. The summed E-state index contributed by atoms with van der Waals surface area (Å²) < 4.78 is 32.9. The zero-order valence-electron chi connectivity index (χ0n) is 18.1. The van der Waals surface area contributed by atoms with Crippen LogP contribution in [0.1, 0.15) is 15.9 Å². The van der Waals surface area contributed by atoms with E-state index in [-0.39, 0.29) is 12.5 Å². The minimum atomic E-state index is -0.565. The summed E-state index contributed by atoms with van der Waals surface area (Å²) in [6, 6.07) is 15.1. The molecule has 2 aliphatic heterocycles. The van der Waals surface area contributed by atoms with Crippen LogP contribution >= 0.6 is 0 Å². The first-order valence-corrected chi connectivity index (χ1v) is 10.7. The summed E-state index contributed by atoms with van der Waals surface area (Å²) in [5.74, 6) is 1.99. The largest absolute Gasteiger partial charge is 0.486 e. The third kappa shape index (κ3) is 3.40. The lowest BCUT2D eigenvalue weighted by Gasteiger charge is -2.19. The highest BCUT2D eigenvalue weighted by molar-refractivity contribution is 5.93. The van der Waals surface area contributed by atoms with Gasteiger partial charge in [-0.05, 0) is 60.5 Å². The fourth-order valence-corrected chi connectivity index (χ4v) is 4.12. The molecule has 0 aliphatic carbocycles. The van der Waals surface area contributed by atoms with Gasteiger partial charge in [0.15, 0.2) is 23.0 Å². The Morgan fingerprint density at radius 2 is 1.56 bits per heavy atom. The van der Waals surface area contributed by atoms with Gasteiger partial charge in [0, 0.05) is 11.5 Å². The predicted octanol–water partition coefficient (Wildman–Crippen LogP) is 4.49. The molecule has 2 aliphatic rings. The molecule has 0 amide bonds. The third-order valence-corrected chi connectivity index (χ3v) is 5.79. The monoisotopic (exact) mass is 458 g/mol. The van der Waals surface area contributed by atoms with Crippen LogP contribution in [-0.2, 0) is 0 Å². The highest BCUT2D eigenvalue weighted by atomic mass is 16.7. The number of ether oxygens (including phenoxy) is 5. The Hall–Kier alpha value is -4.46. The van der Waals surface area contributed by atoms with Gasteiger partial charge in [-0.15, -0.1) is 0 Å². The van der Waals surface area contributed by atoms with E-state index in [1.807, 2.05) is 6.92 Å². The van der Waals surface area contributed by atoms with E-state index >= 15 is 0 Å². The molecule has 6 rings (SSSR count). The van der Waals surface area contributed by atoms with E-state index in [2.05, 4.69) is 0 Å². The summed E-state index contributed by atoms with van der Waals surface area (Å²) in [4.78, 5) is 25.5. The maximum Gasteiger partial charge on any atom is 0.344 e. The number of benzene rings is 3. The van der Waals surface area contributed by atoms with Crippen molar-refractivity contribution in [2.24, 2.45) is 0 Å². The van der Waals surface area contributed by atoms with Crippen LogP contribution < -0.4 is 29.3 Å². The molecule has 0 N–H and O–H groups in total. The van der Waals surface area contributed by atoms with Crippen LogP contribution in [0.5, 0.6) is 28.7 Å². The molecular formula is C26H18O8. The summed E-state index contributed by atoms with van der Waals surface area (Å²) in [6.45, 7) is 2.91. The van der Waals surface area contributed by atoms with E-state index in [9.17, 15) is 9.59 Å². The van der Waals surface area contributed by atoms with Crippen LogP contribution in [0, 0.1) is 6.92 Å². The third-order valence-electron chi connectivity index (χ3n) is 5.79. The van der Waals surface area contributed by atoms with E-state index in [4.69, 9.17) is 28.1 Å². The summed E-state index contributed by atoms with van der Waals surface area (Å²) in [7, 11) is 0. The Kier molecular flexibility index (Phi) is 4.65. The Morgan fingerprint density at radius 3 is 2.44 bits per heavy atom. The highest BCUT2D eigenvalue weighted by Gasteiger charge is 2.20. The second-order valence-electron chi connectivity index (χ2n) is 7.86. The Labute approximate surface area is 193 Å². The molecule has 170 valence electrons. The molecule has 0 atom stereocenters. The van der Waals surface area contributed by atoms with Gasteiger partial charge >= 0.3 is 11.6 Å². The average Bonchev–Trinajstić information content (AvgIpc) is 3.32. The lowest BCUT2D eigenvalue weighted by molar-refractivity contribution is 0.0734. The number of hydrogen-bond acceptors (Lipinski definition) is 8. The smallest absolute Gasteiger partial charge is 0.344 e. The lowest BCUT2D eigenvalue weighted by Crippen LogP contribution is -2.15. The maximum atomic E-state index is 12.9. The van der Waals surface area contributed by atoms with Crippen LogP contribution in [0.2, 0.25) is 0 Å². The Bertz CT molecular complexity index is 1520. The number of rotatable bonds is 3. The van der Waals surface area contributed by atoms with Gasteiger partial charge in [-0.3, -0.25) is 0 Å². The van der Waals surface area contributed by atoms with E-state index in [0.29, 0.717) is 58.5 Å². The number of fused-ring (bicyclic) bond motifs is 3. The number of carbonyl (C=O) groups excluding carboxylic acids is 1. The van der Waals surface area contributed by atoms with Gasteiger partial charge < -0.3 is 28.1 Å². The number of aryl methyl sites for hydroxylation is 1. The quantitative estimate of drug-likeness (QED) is 0.252. The van der Waals surface area contributed by atoms with Crippen LogP contribution in [0.4, 0.5) is 0 Å². The van der Waals surface area contributed by atoms with Crippen molar-refractivity contribution in [3.05, 3.63) is 76.1 Å². The molecule has 34 heavy (non-hydrogen) atoms. The molecule has 0 radical (unpaired) electrons. The SMILES string of the molecule is Cc1c(-c2ccc3c(c2)OCCO3)c(=O)oc2cc(OC(=O)c3ccc4c(c3)OCO4)ccc12. The van der Waals surface area contributed by atoms with Crippen LogP contribution in [0.3, 0.4) is 0 Å². The summed E-state index contributed by atoms with van der Waals surface area (Å²) in [5, 5.41) is 0.729. The normalized spacial score (nSPS) is 13.7. The van der Waals surface area contributed by atoms with E-state index < -0.39 is 11.6 Å². The van der Waals surface area contributed by atoms with E-state index in [1.165, 1.54) is 6.07 Å². The first kappa shape index (κ1) is 20.2. The standard InChI is InChI=1S/C26H18O8/c1-14-18-5-4-17(33-25(27)16-3-7-20-23(11-16)32-13-31-20)12-21(18)34-26(28)24(14)15-2-6-19-22(10-15)30-9-8-29-19/h2-7,10-12H,8-9,13H2,1H3.